The minimum absolute atomic E-state index is 0.0837. The molecular weight excluding hydrogens is 312 g/mol. The Balaban J connectivity index is 1.73. The third-order valence-corrected chi connectivity index (χ3v) is 3.86. The molecule has 1 aliphatic heterocycles. The van der Waals surface area contributed by atoms with E-state index in [9.17, 15) is 14.9 Å². The molecule has 8 heteroatoms. The van der Waals surface area contributed by atoms with E-state index in [2.05, 4.69) is 10.3 Å². The van der Waals surface area contributed by atoms with Gasteiger partial charge in [-0.25, -0.2) is 4.98 Å². The molecule has 1 aromatic heterocycles. The van der Waals surface area contributed by atoms with Crippen LogP contribution in [0.25, 0.3) is 0 Å². The average molecular weight is 328 g/mol. The third kappa shape index (κ3) is 2.98. The van der Waals surface area contributed by atoms with Gasteiger partial charge in [0.25, 0.3) is 5.69 Å². The van der Waals surface area contributed by atoms with E-state index in [-0.39, 0.29) is 11.6 Å². The fraction of sp³-hybridized carbons (Fsp3) is 0.250. The molecule has 0 spiro atoms. The summed E-state index contributed by atoms with van der Waals surface area (Å²) in [5, 5.41) is 13.7. The van der Waals surface area contributed by atoms with Crippen molar-refractivity contribution in [2.45, 2.75) is 12.5 Å². The fourth-order valence-corrected chi connectivity index (χ4v) is 2.66. The van der Waals surface area contributed by atoms with E-state index >= 15 is 0 Å². The second kappa shape index (κ2) is 6.53. The van der Waals surface area contributed by atoms with E-state index in [1.807, 2.05) is 18.2 Å². The van der Waals surface area contributed by atoms with Crippen LogP contribution in [0, 0.1) is 10.1 Å². The molecule has 1 saturated heterocycles. The molecular formula is C16H16N4O4. The van der Waals surface area contributed by atoms with Crippen LogP contribution in [0.5, 0.6) is 5.75 Å². The molecule has 1 unspecified atom stereocenters. The van der Waals surface area contributed by atoms with Crippen LogP contribution >= 0.6 is 0 Å². The standard InChI is InChI=1S/C16H16N4O4/c1-24-14-5-3-2-4-13(14)19-9-8-12(16(19)21)18-15-7-6-11(10-17-15)20(22)23/h2-7,10,12H,8-9H2,1H3,(H,17,18). The zero-order valence-electron chi connectivity index (χ0n) is 13.0. The summed E-state index contributed by atoms with van der Waals surface area (Å²) >= 11 is 0. The lowest BCUT2D eigenvalue weighted by Crippen LogP contribution is -2.33. The number of carbonyl (C=O) groups is 1. The van der Waals surface area contributed by atoms with Gasteiger partial charge >= 0.3 is 0 Å². The predicted molar refractivity (Wildman–Crippen MR) is 88.3 cm³/mol. The first kappa shape index (κ1) is 15.7. The van der Waals surface area contributed by atoms with Crippen LogP contribution < -0.4 is 15.0 Å². The average Bonchev–Trinajstić information content (AvgIpc) is 2.96. The van der Waals surface area contributed by atoms with Crippen molar-refractivity contribution in [1.29, 1.82) is 0 Å². The van der Waals surface area contributed by atoms with Crippen molar-refractivity contribution in [2.75, 3.05) is 23.9 Å². The van der Waals surface area contributed by atoms with Gasteiger partial charge in [0, 0.05) is 12.6 Å². The topological polar surface area (TPSA) is 97.6 Å². The molecule has 2 heterocycles. The summed E-state index contributed by atoms with van der Waals surface area (Å²) in [5.74, 6) is 0.987. The van der Waals surface area contributed by atoms with Gasteiger partial charge in [-0.3, -0.25) is 14.9 Å². The van der Waals surface area contributed by atoms with Crippen LogP contribution in [-0.4, -0.2) is 35.5 Å². The number of nitro groups is 1. The molecule has 1 fully saturated rings. The van der Waals surface area contributed by atoms with Crippen molar-refractivity contribution < 1.29 is 14.5 Å². The SMILES string of the molecule is COc1ccccc1N1CCC(Nc2ccc([N+](=O)[O-])cn2)C1=O. The van der Waals surface area contributed by atoms with Gasteiger partial charge < -0.3 is 15.0 Å². The summed E-state index contributed by atoms with van der Waals surface area (Å²) in [5.41, 5.74) is 0.639. The lowest BCUT2D eigenvalue weighted by molar-refractivity contribution is -0.385. The normalized spacial score (nSPS) is 17.0. The summed E-state index contributed by atoms with van der Waals surface area (Å²) in [4.78, 5) is 28.4. The number of nitrogens with zero attached hydrogens (tertiary/aromatic N) is 3. The van der Waals surface area contributed by atoms with E-state index in [4.69, 9.17) is 4.74 Å². The molecule has 24 heavy (non-hydrogen) atoms. The van der Waals surface area contributed by atoms with Gasteiger partial charge in [0.15, 0.2) is 0 Å². The minimum Gasteiger partial charge on any atom is -0.495 e. The summed E-state index contributed by atoms with van der Waals surface area (Å²) in [6.45, 7) is 0.559. The van der Waals surface area contributed by atoms with Crippen LogP contribution in [0.1, 0.15) is 6.42 Å². The van der Waals surface area contributed by atoms with E-state index in [1.165, 1.54) is 18.3 Å². The maximum Gasteiger partial charge on any atom is 0.287 e. The Kier molecular flexibility index (Phi) is 4.28. The summed E-state index contributed by atoms with van der Waals surface area (Å²) < 4.78 is 5.30. The zero-order valence-corrected chi connectivity index (χ0v) is 13.0. The molecule has 1 aromatic carbocycles. The molecule has 8 nitrogen and oxygen atoms in total. The number of amides is 1. The highest BCUT2D eigenvalue weighted by Gasteiger charge is 2.34. The van der Waals surface area contributed by atoms with Gasteiger partial charge in [0.2, 0.25) is 5.91 Å². The van der Waals surface area contributed by atoms with Gasteiger partial charge in [-0.05, 0) is 24.6 Å². The smallest absolute Gasteiger partial charge is 0.287 e. The van der Waals surface area contributed by atoms with Gasteiger partial charge in [-0.1, -0.05) is 12.1 Å². The summed E-state index contributed by atoms with van der Waals surface area (Å²) in [7, 11) is 1.57. The number of rotatable bonds is 5. The lowest BCUT2D eigenvalue weighted by Gasteiger charge is -2.19. The Labute approximate surface area is 138 Å². The van der Waals surface area contributed by atoms with E-state index in [1.54, 1.807) is 18.1 Å². The molecule has 124 valence electrons. The Morgan fingerprint density at radius 1 is 1.33 bits per heavy atom. The van der Waals surface area contributed by atoms with Crippen molar-refractivity contribution in [2.24, 2.45) is 0 Å². The highest BCUT2D eigenvalue weighted by molar-refractivity contribution is 6.02. The number of carbonyl (C=O) groups excluding carboxylic acids is 1. The van der Waals surface area contributed by atoms with Crippen molar-refractivity contribution >= 4 is 23.1 Å². The number of hydrogen-bond donors (Lipinski definition) is 1. The van der Waals surface area contributed by atoms with Gasteiger partial charge in [-0.2, -0.15) is 0 Å². The number of anilines is 2. The van der Waals surface area contributed by atoms with Crippen LogP contribution in [0.4, 0.5) is 17.2 Å². The number of para-hydroxylation sites is 2. The molecule has 1 aliphatic rings. The lowest BCUT2D eigenvalue weighted by atomic mass is 10.2. The number of methoxy groups -OCH3 is 1. The molecule has 0 saturated carbocycles. The number of aromatic nitrogens is 1. The molecule has 1 atom stereocenters. The molecule has 0 radical (unpaired) electrons. The van der Waals surface area contributed by atoms with Gasteiger partial charge in [0.05, 0.1) is 17.7 Å². The van der Waals surface area contributed by atoms with Crippen molar-refractivity contribution in [1.82, 2.24) is 4.98 Å². The van der Waals surface area contributed by atoms with Crippen molar-refractivity contribution in [3.8, 4) is 5.75 Å². The van der Waals surface area contributed by atoms with Crippen LogP contribution in [0.3, 0.4) is 0 Å². The summed E-state index contributed by atoms with van der Waals surface area (Å²) in [6.07, 6.45) is 1.77. The Morgan fingerprint density at radius 2 is 2.12 bits per heavy atom. The number of benzene rings is 1. The number of nitrogens with one attached hydrogen (secondary N) is 1. The Hall–Kier alpha value is -3.16. The number of ether oxygens (including phenoxy) is 1. The quantitative estimate of drug-likeness (QED) is 0.667. The van der Waals surface area contributed by atoms with Crippen LogP contribution in [0.2, 0.25) is 0 Å². The summed E-state index contributed by atoms with van der Waals surface area (Å²) in [6, 6.07) is 9.77. The predicted octanol–water partition coefficient (Wildman–Crippen LogP) is 2.22. The molecule has 1 amide bonds. The second-order valence-electron chi connectivity index (χ2n) is 5.31. The molecule has 0 aliphatic carbocycles. The molecule has 3 rings (SSSR count). The maximum atomic E-state index is 12.6. The first-order valence-corrected chi connectivity index (χ1v) is 7.41. The van der Waals surface area contributed by atoms with E-state index in [0.29, 0.717) is 24.5 Å². The van der Waals surface area contributed by atoms with Crippen molar-refractivity contribution in [3.05, 3.63) is 52.7 Å². The molecule has 0 bridgehead atoms. The maximum absolute atomic E-state index is 12.6. The first-order valence-electron chi connectivity index (χ1n) is 7.41. The van der Waals surface area contributed by atoms with Gasteiger partial charge in [0.1, 0.15) is 23.8 Å². The van der Waals surface area contributed by atoms with Crippen LogP contribution in [-0.2, 0) is 4.79 Å². The van der Waals surface area contributed by atoms with Crippen molar-refractivity contribution in [3.63, 3.8) is 0 Å². The van der Waals surface area contributed by atoms with Gasteiger partial charge in [-0.15, -0.1) is 0 Å². The fourth-order valence-electron chi connectivity index (χ4n) is 2.66. The number of pyridine rings is 1. The highest BCUT2D eigenvalue weighted by Crippen LogP contribution is 2.31. The number of hydrogen-bond acceptors (Lipinski definition) is 6. The molecule has 1 N–H and O–H groups in total. The van der Waals surface area contributed by atoms with E-state index < -0.39 is 11.0 Å². The van der Waals surface area contributed by atoms with Crippen LogP contribution in [0.15, 0.2) is 42.6 Å². The third-order valence-electron chi connectivity index (χ3n) is 3.86. The zero-order chi connectivity index (χ0) is 17.1. The Bertz CT molecular complexity index is 763. The highest BCUT2D eigenvalue weighted by atomic mass is 16.6. The Morgan fingerprint density at radius 3 is 2.79 bits per heavy atom. The first-order chi connectivity index (χ1) is 11.6. The second-order valence-corrected chi connectivity index (χ2v) is 5.31. The minimum atomic E-state index is -0.513. The molecule has 2 aromatic rings. The van der Waals surface area contributed by atoms with E-state index in [0.717, 1.165) is 5.69 Å². The monoisotopic (exact) mass is 328 g/mol. The largest absolute Gasteiger partial charge is 0.495 e.